The van der Waals surface area contributed by atoms with Gasteiger partial charge in [0.05, 0.1) is 0 Å². The maximum absolute atomic E-state index is 11.5. The fourth-order valence-corrected chi connectivity index (χ4v) is 0.916. The second-order valence-electron chi connectivity index (χ2n) is 2.57. The number of hydrogen-bond acceptors (Lipinski definition) is 5. The molecule has 0 aliphatic heterocycles. The molecule has 1 heterocycles. The van der Waals surface area contributed by atoms with Crippen molar-refractivity contribution in [2.45, 2.75) is 6.92 Å². The summed E-state index contributed by atoms with van der Waals surface area (Å²) in [6.07, 6.45) is 2.84. The zero-order valence-electron chi connectivity index (χ0n) is 7.47. The summed E-state index contributed by atoms with van der Waals surface area (Å²) in [7, 11) is 0. The van der Waals surface area contributed by atoms with Crippen molar-refractivity contribution in [3.8, 4) is 0 Å². The van der Waals surface area contributed by atoms with Crippen LogP contribution < -0.4 is 0 Å². The number of ketones is 2. The van der Waals surface area contributed by atoms with E-state index in [2.05, 4.69) is 10.1 Å². The molecular weight excluding hydrogens is 184 g/mol. The van der Waals surface area contributed by atoms with Crippen molar-refractivity contribution >= 4 is 17.3 Å². The zero-order chi connectivity index (χ0) is 10.6. The lowest BCUT2D eigenvalue weighted by atomic mass is 10.1. The molecule has 0 radical (unpaired) electrons. The number of hydrogen-bond donors (Lipinski definition) is 1. The molecule has 5 nitrogen and oxygen atoms in total. The Balaban J connectivity index is 3.02. The molecule has 0 unspecified atom stereocenters. The van der Waals surface area contributed by atoms with E-state index in [0.29, 0.717) is 0 Å². The lowest BCUT2D eigenvalue weighted by molar-refractivity contribution is -0.111. The summed E-state index contributed by atoms with van der Waals surface area (Å²) in [5.74, 6) is -1.18. The molecule has 72 valence electrons. The Morgan fingerprint density at radius 2 is 1.93 bits per heavy atom. The molecular formula is C9H8N2O3. The molecule has 1 rings (SSSR count). The number of oxime groups is 1. The lowest BCUT2D eigenvalue weighted by Crippen LogP contribution is -2.22. The molecule has 0 saturated carbocycles. The van der Waals surface area contributed by atoms with Gasteiger partial charge in [0, 0.05) is 24.9 Å². The molecule has 1 N–H and O–H groups in total. The third-order valence-corrected chi connectivity index (χ3v) is 1.59. The van der Waals surface area contributed by atoms with E-state index in [1.165, 1.54) is 24.5 Å². The molecule has 0 aliphatic rings. The maximum atomic E-state index is 11.5. The molecule has 5 heteroatoms. The maximum Gasteiger partial charge on any atom is 0.218 e. The first kappa shape index (κ1) is 10.0. The summed E-state index contributed by atoms with van der Waals surface area (Å²) in [6, 6.07) is 2.88. The molecule has 0 amide bonds. The van der Waals surface area contributed by atoms with E-state index in [1.54, 1.807) is 0 Å². The summed E-state index contributed by atoms with van der Waals surface area (Å²) in [4.78, 5) is 26.1. The van der Waals surface area contributed by atoms with Gasteiger partial charge in [-0.2, -0.15) is 0 Å². The van der Waals surface area contributed by atoms with E-state index in [1.807, 2.05) is 0 Å². The van der Waals surface area contributed by atoms with E-state index in [9.17, 15) is 9.59 Å². The van der Waals surface area contributed by atoms with Gasteiger partial charge in [-0.05, 0) is 12.1 Å². The SMILES string of the molecule is CC(=O)/C(=N\O)C(=O)c1ccncc1. The molecule has 0 spiro atoms. The molecule has 0 saturated heterocycles. The van der Waals surface area contributed by atoms with Crippen molar-refractivity contribution in [2.24, 2.45) is 5.16 Å². The molecule has 14 heavy (non-hydrogen) atoms. The normalized spacial score (nSPS) is 11.1. The second-order valence-corrected chi connectivity index (χ2v) is 2.57. The molecule has 0 aliphatic carbocycles. The van der Waals surface area contributed by atoms with Crippen LogP contribution in [0, 0.1) is 0 Å². The van der Waals surface area contributed by atoms with Crippen LogP contribution in [0.1, 0.15) is 17.3 Å². The predicted octanol–water partition coefficient (Wildman–Crippen LogP) is 0.683. The fourth-order valence-electron chi connectivity index (χ4n) is 0.916. The average molecular weight is 192 g/mol. The molecule has 1 aromatic rings. The van der Waals surface area contributed by atoms with Gasteiger partial charge in [-0.1, -0.05) is 5.16 Å². The third kappa shape index (κ3) is 2.01. The van der Waals surface area contributed by atoms with Gasteiger partial charge in [-0.3, -0.25) is 14.6 Å². The molecule has 0 bridgehead atoms. The molecule has 0 atom stereocenters. The highest BCUT2D eigenvalue weighted by Crippen LogP contribution is 2.00. The van der Waals surface area contributed by atoms with Gasteiger partial charge in [0.2, 0.25) is 5.78 Å². The van der Waals surface area contributed by atoms with Crippen LogP contribution in [0.4, 0.5) is 0 Å². The summed E-state index contributed by atoms with van der Waals surface area (Å²) in [5, 5.41) is 11.1. The number of carbonyl (C=O) groups excluding carboxylic acids is 2. The highest BCUT2D eigenvalue weighted by atomic mass is 16.4. The van der Waals surface area contributed by atoms with Gasteiger partial charge >= 0.3 is 0 Å². The topological polar surface area (TPSA) is 79.6 Å². The minimum Gasteiger partial charge on any atom is -0.410 e. The van der Waals surface area contributed by atoms with Crippen molar-refractivity contribution in [3.63, 3.8) is 0 Å². The Bertz CT molecular complexity index is 384. The second kappa shape index (κ2) is 4.27. The first-order valence-corrected chi connectivity index (χ1v) is 3.84. The number of aromatic nitrogens is 1. The van der Waals surface area contributed by atoms with E-state index in [0.717, 1.165) is 6.92 Å². The summed E-state index contributed by atoms with van der Waals surface area (Å²) in [6.45, 7) is 1.16. The number of Topliss-reactive ketones (excluding diaryl/α,β-unsaturated/α-hetero) is 2. The Hall–Kier alpha value is -2.04. The van der Waals surface area contributed by atoms with Gasteiger partial charge < -0.3 is 5.21 Å². The number of rotatable bonds is 3. The van der Waals surface area contributed by atoms with Crippen LogP contribution in [0.3, 0.4) is 0 Å². The van der Waals surface area contributed by atoms with Crippen LogP contribution in [0.2, 0.25) is 0 Å². The average Bonchev–Trinajstić information content (AvgIpc) is 2.19. The fraction of sp³-hybridized carbons (Fsp3) is 0.111. The molecule has 0 fully saturated rings. The summed E-state index contributed by atoms with van der Waals surface area (Å²) in [5.41, 5.74) is -0.209. The van der Waals surface area contributed by atoms with Gasteiger partial charge in [-0.25, -0.2) is 0 Å². The van der Waals surface area contributed by atoms with Crippen LogP contribution >= 0.6 is 0 Å². The standard InChI is InChI=1S/C9H8N2O3/c1-6(12)8(11-14)9(13)7-2-4-10-5-3-7/h2-5,14H,1H3/b11-8+. The summed E-state index contributed by atoms with van der Waals surface area (Å²) >= 11 is 0. The van der Waals surface area contributed by atoms with Crippen molar-refractivity contribution in [1.29, 1.82) is 0 Å². The Kier molecular flexibility index (Phi) is 3.06. The first-order valence-electron chi connectivity index (χ1n) is 3.84. The van der Waals surface area contributed by atoms with Gasteiger partial charge in [0.1, 0.15) is 0 Å². The number of nitrogens with zero attached hydrogens (tertiary/aromatic N) is 2. The van der Waals surface area contributed by atoms with Crippen LogP contribution in [0.15, 0.2) is 29.7 Å². The van der Waals surface area contributed by atoms with Gasteiger partial charge in [-0.15, -0.1) is 0 Å². The van der Waals surface area contributed by atoms with Crippen molar-refractivity contribution in [3.05, 3.63) is 30.1 Å². The Morgan fingerprint density at radius 3 is 2.36 bits per heavy atom. The minimum atomic E-state index is -0.609. The van der Waals surface area contributed by atoms with Gasteiger partial charge in [0.15, 0.2) is 11.5 Å². The van der Waals surface area contributed by atoms with Gasteiger partial charge in [0.25, 0.3) is 0 Å². The smallest absolute Gasteiger partial charge is 0.218 e. The highest BCUT2D eigenvalue weighted by molar-refractivity contribution is 6.68. The van der Waals surface area contributed by atoms with Crippen LogP contribution in [0.5, 0.6) is 0 Å². The Morgan fingerprint density at radius 1 is 1.36 bits per heavy atom. The van der Waals surface area contributed by atoms with Crippen LogP contribution in [-0.4, -0.2) is 27.5 Å². The monoisotopic (exact) mass is 192 g/mol. The predicted molar refractivity (Wildman–Crippen MR) is 48.5 cm³/mol. The van der Waals surface area contributed by atoms with Crippen molar-refractivity contribution in [2.75, 3.05) is 0 Å². The quantitative estimate of drug-likeness (QED) is 0.251. The van der Waals surface area contributed by atoms with E-state index < -0.39 is 17.3 Å². The van der Waals surface area contributed by atoms with Crippen LogP contribution in [-0.2, 0) is 4.79 Å². The van der Waals surface area contributed by atoms with Crippen LogP contribution in [0.25, 0.3) is 0 Å². The highest BCUT2D eigenvalue weighted by Gasteiger charge is 2.18. The third-order valence-electron chi connectivity index (χ3n) is 1.59. The first-order chi connectivity index (χ1) is 6.66. The van der Waals surface area contributed by atoms with E-state index in [4.69, 9.17) is 5.21 Å². The number of carbonyl (C=O) groups is 2. The minimum absolute atomic E-state index is 0.267. The van der Waals surface area contributed by atoms with E-state index in [-0.39, 0.29) is 5.56 Å². The molecule has 0 aromatic carbocycles. The van der Waals surface area contributed by atoms with E-state index >= 15 is 0 Å². The number of pyridine rings is 1. The largest absolute Gasteiger partial charge is 0.410 e. The van der Waals surface area contributed by atoms with Crippen molar-refractivity contribution in [1.82, 2.24) is 4.98 Å². The lowest BCUT2D eigenvalue weighted by Gasteiger charge is -1.98. The van der Waals surface area contributed by atoms with Crippen molar-refractivity contribution < 1.29 is 14.8 Å². The Labute approximate surface area is 80.1 Å². The zero-order valence-corrected chi connectivity index (χ0v) is 7.47. The summed E-state index contributed by atoms with van der Waals surface area (Å²) < 4.78 is 0. The molecule has 1 aromatic heterocycles.